The zero-order chi connectivity index (χ0) is 23.7. The van der Waals surface area contributed by atoms with Crippen molar-refractivity contribution in [2.75, 3.05) is 39.5 Å². The second-order valence-corrected chi connectivity index (χ2v) is 14.5. The molecule has 9 heteroatoms. The fraction of sp³-hybridized carbons (Fsp3) is 0.696. The van der Waals surface area contributed by atoms with Crippen molar-refractivity contribution in [3.63, 3.8) is 0 Å². The van der Waals surface area contributed by atoms with Gasteiger partial charge >= 0.3 is 17.1 Å². The van der Waals surface area contributed by atoms with Gasteiger partial charge < -0.3 is 17.7 Å². The van der Waals surface area contributed by atoms with Crippen molar-refractivity contribution < 1.29 is 17.7 Å². The lowest BCUT2D eigenvalue weighted by Crippen LogP contribution is -2.38. The molecule has 0 aromatic carbocycles. The second kappa shape index (κ2) is 16.4. The number of hydrogen-bond acceptors (Lipinski definition) is 7. The van der Waals surface area contributed by atoms with E-state index in [-0.39, 0.29) is 0 Å². The van der Waals surface area contributed by atoms with Gasteiger partial charge in [0, 0.05) is 63.7 Å². The van der Waals surface area contributed by atoms with Crippen LogP contribution in [0.15, 0.2) is 28.3 Å². The van der Waals surface area contributed by atoms with E-state index in [0.717, 1.165) is 49.3 Å². The van der Waals surface area contributed by atoms with Crippen LogP contribution in [-0.2, 0) is 17.7 Å². The summed E-state index contributed by atoms with van der Waals surface area (Å²) in [5.41, 5.74) is 1.85. The molecular formula is C23H43N3O4Si2. The maximum Gasteiger partial charge on any atom is 0.334 e. The standard InChI is InChI=1S/C23H43N3O4Si2/c1-7-27-31(5,28-8-2)17-11-15-24-19-22-13-14-23(26-20-22)21-25-16-12-18-32(6,29-9-3)30-10-4/h13-14,19-21H,7-12,15-18H2,1-6H3. The number of aromatic nitrogens is 1. The molecule has 0 saturated heterocycles. The molecule has 1 aromatic rings. The zero-order valence-corrected chi connectivity index (χ0v) is 22.9. The molecule has 182 valence electrons. The van der Waals surface area contributed by atoms with Crippen LogP contribution < -0.4 is 0 Å². The molecule has 0 unspecified atom stereocenters. The molecule has 0 atom stereocenters. The van der Waals surface area contributed by atoms with Crippen LogP contribution >= 0.6 is 0 Å². The molecule has 0 aliphatic heterocycles. The van der Waals surface area contributed by atoms with E-state index in [9.17, 15) is 0 Å². The SMILES string of the molecule is CCO[Si](C)(CCCN=Cc1ccc(C=NCCC[Si](C)(OCC)OCC)nc1)OCC. The lowest BCUT2D eigenvalue weighted by molar-refractivity contribution is 0.188. The Kier molecular flexibility index (Phi) is 14.7. The van der Waals surface area contributed by atoms with Gasteiger partial charge in [-0.2, -0.15) is 0 Å². The zero-order valence-electron chi connectivity index (χ0n) is 20.9. The van der Waals surface area contributed by atoms with Crippen LogP contribution in [-0.4, -0.2) is 74.1 Å². The third-order valence-corrected chi connectivity index (χ3v) is 11.0. The predicted octanol–water partition coefficient (Wildman–Crippen LogP) is 4.99. The minimum absolute atomic E-state index is 0.702. The van der Waals surface area contributed by atoms with Crippen molar-refractivity contribution in [3.8, 4) is 0 Å². The van der Waals surface area contributed by atoms with Gasteiger partial charge in [0.1, 0.15) is 0 Å². The van der Waals surface area contributed by atoms with Gasteiger partial charge in [-0.1, -0.05) is 0 Å². The van der Waals surface area contributed by atoms with Crippen LogP contribution in [0.1, 0.15) is 51.8 Å². The van der Waals surface area contributed by atoms with E-state index in [1.165, 1.54) is 0 Å². The number of rotatable bonds is 18. The average Bonchev–Trinajstić information content (AvgIpc) is 2.75. The van der Waals surface area contributed by atoms with Gasteiger partial charge in [0.05, 0.1) is 5.69 Å². The van der Waals surface area contributed by atoms with Gasteiger partial charge in [-0.05, 0) is 77.9 Å². The molecule has 0 bridgehead atoms. The quantitative estimate of drug-likeness (QED) is 0.168. The van der Waals surface area contributed by atoms with Crippen molar-refractivity contribution in [2.45, 2.75) is 65.7 Å². The van der Waals surface area contributed by atoms with E-state index in [0.29, 0.717) is 26.4 Å². The predicted molar refractivity (Wildman–Crippen MR) is 138 cm³/mol. The lowest BCUT2D eigenvalue weighted by atomic mass is 10.3. The maximum atomic E-state index is 5.87. The highest BCUT2D eigenvalue weighted by atomic mass is 28.4. The highest BCUT2D eigenvalue weighted by molar-refractivity contribution is 6.66. The Balaban J connectivity index is 2.38. The maximum absolute atomic E-state index is 5.87. The molecule has 7 nitrogen and oxygen atoms in total. The Hall–Kier alpha value is -1.24. The van der Waals surface area contributed by atoms with E-state index in [1.807, 2.05) is 58.5 Å². The van der Waals surface area contributed by atoms with Crippen molar-refractivity contribution in [3.05, 3.63) is 29.6 Å². The first-order valence-corrected chi connectivity index (χ1v) is 17.0. The van der Waals surface area contributed by atoms with Crippen LogP contribution in [0, 0.1) is 0 Å². The molecule has 1 heterocycles. The summed E-state index contributed by atoms with van der Waals surface area (Å²) in [5.74, 6) is 0. The smallest absolute Gasteiger partial charge is 0.334 e. The molecule has 0 fully saturated rings. The molecule has 32 heavy (non-hydrogen) atoms. The molecule has 0 amide bonds. The summed E-state index contributed by atoms with van der Waals surface area (Å²) in [6.07, 6.45) is 7.46. The first-order chi connectivity index (χ1) is 15.4. The van der Waals surface area contributed by atoms with E-state index >= 15 is 0 Å². The molecule has 0 N–H and O–H groups in total. The third kappa shape index (κ3) is 12.1. The molecular weight excluding hydrogens is 438 g/mol. The molecule has 1 aromatic heterocycles. The molecule has 0 saturated carbocycles. The van der Waals surface area contributed by atoms with E-state index in [2.05, 4.69) is 28.1 Å². The van der Waals surface area contributed by atoms with Crippen molar-refractivity contribution in [1.82, 2.24) is 4.98 Å². The molecule has 1 rings (SSSR count). The molecule has 0 aliphatic rings. The molecule has 0 spiro atoms. The summed E-state index contributed by atoms with van der Waals surface area (Å²) in [5, 5.41) is 0. The Morgan fingerprint density at radius 1 is 0.750 bits per heavy atom. The van der Waals surface area contributed by atoms with Crippen molar-refractivity contribution >= 4 is 29.6 Å². The summed E-state index contributed by atoms with van der Waals surface area (Å²) >= 11 is 0. The fourth-order valence-electron chi connectivity index (χ4n) is 3.47. The summed E-state index contributed by atoms with van der Waals surface area (Å²) in [6, 6.07) is 5.89. The Bertz CT molecular complexity index is 603. The van der Waals surface area contributed by atoms with E-state index in [4.69, 9.17) is 17.7 Å². The van der Waals surface area contributed by atoms with Gasteiger partial charge in [0.2, 0.25) is 0 Å². The van der Waals surface area contributed by atoms with Gasteiger partial charge in [-0.25, -0.2) is 0 Å². The summed E-state index contributed by atoms with van der Waals surface area (Å²) in [7, 11) is -4.08. The van der Waals surface area contributed by atoms with Crippen molar-refractivity contribution in [2.24, 2.45) is 9.98 Å². The van der Waals surface area contributed by atoms with Gasteiger partial charge in [-0.3, -0.25) is 15.0 Å². The summed E-state index contributed by atoms with van der Waals surface area (Å²) in [6.45, 7) is 16.7. The number of pyridine rings is 1. The number of nitrogens with zero attached hydrogens (tertiary/aromatic N) is 3. The second-order valence-electron chi connectivity index (χ2n) is 7.79. The average molecular weight is 482 g/mol. The van der Waals surface area contributed by atoms with E-state index < -0.39 is 17.1 Å². The Morgan fingerprint density at radius 3 is 1.62 bits per heavy atom. The number of hydrogen-bond donors (Lipinski definition) is 0. The fourth-order valence-corrected chi connectivity index (χ4v) is 8.26. The summed E-state index contributed by atoms with van der Waals surface area (Å²) < 4.78 is 23.5. The lowest BCUT2D eigenvalue weighted by Gasteiger charge is -2.25. The van der Waals surface area contributed by atoms with Crippen LogP contribution in [0.3, 0.4) is 0 Å². The topological polar surface area (TPSA) is 74.5 Å². The first-order valence-electron chi connectivity index (χ1n) is 11.9. The first kappa shape index (κ1) is 28.8. The van der Waals surface area contributed by atoms with E-state index in [1.54, 1.807) is 0 Å². The normalized spacial score (nSPS) is 12.9. The minimum atomic E-state index is -2.04. The van der Waals surface area contributed by atoms with Crippen LogP contribution in [0.4, 0.5) is 0 Å². The van der Waals surface area contributed by atoms with Crippen LogP contribution in [0.25, 0.3) is 0 Å². The minimum Gasteiger partial charge on any atom is -0.395 e. The highest BCUT2D eigenvalue weighted by Gasteiger charge is 2.30. The van der Waals surface area contributed by atoms with Gasteiger partial charge in [0.25, 0.3) is 0 Å². The van der Waals surface area contributed by atoms with Gasteiger partial charge in [0.15, 0.2) is 0 Å². The van der Waals surface area contributed by atoms with Crippen LogP contribution in [0.5, 0.6) is 0 Å². The Morgan fingerprint density at radius 2 is 1.22 bits per heavy atom. The van der Waals surface area contributed by atoms with Gasteiger partial charge in [-0.15, -0.1) is 0 Å². The number of aliphatic imine (C=N–C) groups is 2. The third-order valence-electron chi connectivity index (χ3n) is 4.91. The Labute approximate surface area is 197 Å². The molecule has 0 aliphatic carbocycles. The molecule has 0 radical (unpaired) electrons. The van der Waals surface area contributed by atoms with Crippen molar-refractivity contribution in [1.29, 1.82) is 0 Å². The highest BCUT2D eigenvalue weighted by Crippen LogP contribution is 2.16. The monoisotopic (exact) mass is 481 g/mol. The summed E-state index contributed by atoms with van der Waals surface area (Å²) in [4.78, 5) is 13.5. The van der Waals surface area contributed by atoms with Crippen LogP contribution in [0.2, 0.25) is 25.2 Å². The largest absolute Gasteiger partial charge is 0.395 e.